The van der Waals surface area contributed by atoms with Crippen molar-refractivity contribution in [3.8, 4) is 5.88 Å². The molecule has 3 N–H and O–H groups in total. The Kier molecular flexibility index (Phi) is 3.99. The minimum atomic E-state index is 0.640. The summed E-state index contributed by atoms with van der Waals surface area (Å²) in [5, 5.41) is 0. The van der Waals surface area contributed by atoms with Crippen LogP contribution in [0.4, 0.5) is 5.82 Å². The van der Waals surface area contributed by atoms with Gasteiger partial charge in [0.15, 0.2) is 0 Å². The summed E-state index contributed by atoms with van der Waals surface area (Å²) in [5.74, 6) is 7.28. The number of nitrogens with zero attached hydrogens (tertiary/aromatic N) is 1. The Morgan fingerprint density at radius 1 is 1.31 bits per heavy atom. The fraction of sp³-hybridized carbons (Fsp3) is 0.583. The molecule has 1 heterocycles. The first-order chi connectivity index (χ1) is 7.88. The number of hydrazine groups is 1. The second kappa shape index (κ2) is 5.70. The molecule has 0 saturated heterocycles. The molecule has 1 saturated carbocycles. The fourth-order valence-electron chi connectivity index (χ4n) is 2.13. The number of hydrogen-bond donors (Lipinski definition) is 2. The van der Waals surface area contributed by atoms with E-state index in [0.29, 0.717) is 17.6 Å². The number of hydrogen-bond acceptors (Lipinski definition) is 4. The van der Waals surface area contributed by atoms with Crippen LogP contribution in [0.1, 0.15) is 32.1 Å². The normalized spacial score (nSPS) is 17.1. The number of ether oxygens (including phenoxy) is 1. The Labute approximate surface area is 96.2 Å². The highest BCUT2D eigenvalue weighted by atomic mass is 16.5. The zero-order valence-electron chi connectivity index (χ0n) is 9.48. The minimum Gasteiger partial charge on any atom is -0.477 e. The van der Waals surface area contributed by atoms with Crippen molar-refractivity contribution in [2.45, 2.75) is 32.1 Å². The zero-order chi connectivity index (χ0) is 11.2. The van der Waals surface area contributed by atoms with Gasteiger partial charge in [-0.25, -0.2) is 5.84 Å². The Hall–Kier alpha value is -1.29. The van der Waals surface area contributed by atoms with Gasteiger partial charge < -0.3 is 10.2 Å². The fourth-order valence-corrected chi connectivity index (χ4v) is 2.13. The number of nitrogen functional groups attached to an aromatic ring is 1. The van der Waals surface area contributed by atoms with Crippen LogP contribution in [0.3, 0.4) is 0 Å². The number of anilines is 1. The molecule has 0 atom stereocenters. The number of nitrogens with one attached hydrogen (secondary N) is 1. The van der Waals surface area contributed by atoms with Gasteiger partial charge in [0.25, 0.3) is 0 Å². The molecule has 0 radical (unpaired) electrons. The second-order valence-electron chi connectivity index (χ2n) is 4.32. The molecule has 88 valence electrons. The summed E-state index contributed by atoms with van der Waals surface area (Å²) in [5.41, 5.74) is 2.51. The largest absolute Gasteiger partial charge is 0.477 e. The van der Waals surface area contributed by atoms with Crippen LogP contribution in [0.5, 0.6) is 5.88 Å². The molecule has 4 nitrogen and oxygen atoms in total. The predicted molar refractivity (Wildman–Crippen MR) is 64.1 cm³/mol. The maximum atomic E-state index is 5.68. The Morgan fingerprint density at radius 3 is 2.88 bits per heavy atom. The van der Waals surface area contributed by atoms with E-state index >= 15 is 0 Å². The monoisotopic (exact) mass is 221 g/mol. The van der Waals surface area contributed by atoms with Crippen molar-refractivity contribution >= 4 is 5.82 Å². The molecule has 16 heavy (non-hydrogen) atoms. The van der Waals surface area contributed by atoms with Crippen molar-refractivity contribution < 1.29 is 4.74 Å². The maximum Gasteiger partial charge on any atom is 0.215 e. The summed E-state index contributed by atoms with van der Waals surface area (Å²) in [4.78, 5) is 4.22. The van der Waals surface area contributed by atoms with Crippen LogP contribution in [-0.4, -0.2) is 11.6 Å². The van der Waals surface area contributed by atoms with E-state index in [1.165, 1.54) is 32.1 Å². The first-order valence-electron chi connectivity index (χ1n) is 5.95. The van der Waals surface area contributed by atoms with Crippen LogP contribution in [0.15, 0.2) is 18.2 Å². The molecule has 1 fully saturated rings. The van der Waals surface area contributed by atoms with Gasteiger partial charge in [-0.05, 0) is 24.8 Å². The molecule has 0 spiro atoms. The summed E-state index contributed by atoms with van der Waals surface area (Å²) < 4.78 is 5.68. The molecule has 0 bridgehead atoms. The van der Waals surface area contributed by atoms with E-state index in [1.54, 1.807) is 0 Å². The number of nitrogens with two attached hydrogens (primary N) is 1. The first kappa shape index (κ1) is 11.2. The molecule has 1 aliphatic carbocycles. The quantitative estimate of drug-likeness (QED) is 0.605. The maximum absolute atomic E-state index is 5.68. The van der Waals surface area contributed by atoms with Crippen LogP contribution < -0.4 is 16.0 Å². The average Bonchev–Trinajstić information content (AvgIpc) is 2.38. The lowest BCUT2D eigenvalue weighted by molar-refractivity contribution is 0.203. The highest BCUT2D eigenvalue weighted by molar-refractivity contribution is 5.35. The molecule has 0 unspecified atom stereocenters. The topological polar surface area (TPSA) is 60.2 Å². The van der Waals surface area contributed by atoms with E-state index in [1.807, 2.05) is 18.2 Å². The van der Waals surface area contributed by atoms with Crippen molar-refractivity contribution in [1.82, 2.24) is 4.98 Å². The molecular formula is C12H19N3O. The van der Waals surface area contributed by atoms with Gasteiger partial charge in [-0.3, -0.25) is 0 Å². The third kappa shape index (κ3) is 3.10. The molecule has 1 aromatic heterocycles. The van der Waals surface area contributed by atoms with Crippen LogP contribution >= 0.6 is 0 Å². The first-order valence-corrected chi connectivity index (χ1v) is 5.95. The number of aromatic nitrogens is 1. The van der Waals surface area contributed by atoms with Gasteiger partial charge >= 0.3 is 0 Å². The van der Waals surface area contributed by atoms with Crippen LogP contribution in [0.25, 0.3) is 0 Å². The van der Waals surface area contributed by atoms with E-state index in [-0.39, 0.29) is 0 Å². The smallest absolute Gasteiger partial charge is 0.215 e. The van der Waals surface area contributed by atoms with Gasteiger partial charge in [0.2, 0.25) is 5.88 Å². The van der Waals surface area contributed by atoms with Gasteiger partial charge in [-0.15, -0.1) is 0 Å². The molecule has 1 aromatic rings. The summed E-state index contributed by atoms with van der Waals surface area (Å²) in [6.45, 7) is 0.779. The summed E-state index contributed by atoms with van der Waals surface area (Å²) >= 11 is 0. The molecule has 1 aliphatic rings. The number of rotatable bonds is 4. The highest BCUT2D eigenvalue weighted by Gasteiger charge is 2.14. The molecule has 0 amide bonds. The SMILES string of the molecule is NNc1cccc(OCC2CCCCC2)n1. The van der Waals surface area contributed by atoms with Crippen LogP contribution in [0, 0.1) is 5.92 Å². The second-order valence-corrected chi connectivity index (χ2v) is 4.32. The summed E-state index contributed by atoms with van der Waals surface area (Å²) in [6.07, 6.45) is 6.63. The van der Waals surface area contributed by atoms with Crippen molar-refractivity contribution in [3.63, 3.8) is 0 Å². The standard InChI is InChI=1S/C12H19N3O/c13-15-11-7-4-8-12(14-11)16-9-10-5-2-1-3-6-10/h4,7-8,10H,1-3,5-6,9,13H2,(H,14,15). The van der Waals surface area contributed by atoms with E-state index in [9.17, 15) is 0 Å². The van der Waals surface area contributed by atoms with E-state index in [2.05, 4.69) is 10.4 Å². The van der Waals surface area contributed by atoms with Crippen molar-refractivity contribution in [2.75, 3.05) is 12.0 Å². The molecule has 0 aliphatic heterocycles. The molecule has 2 rings (SSSR count). The Morgan fingerprint density at radius 2 is 2.12 bits per heavy atom. The van der Waals surface area contributed by atoms with Crippen LogP contribution in [-0.2, 0) is 0 Å². The lowest BCUT2D eigenvalue weighted by Crippen LogP contribution is -2.16. The Bertz CT molecular complexity index is 324. The van der Waals surface area contributed by atoms with Crippen molar-refractivity contribution in [3.05, 3.63) is 18.2 Å². The minimum absolute atomic E-state index is 0.640. The number of pyridine rings is 1. The summed E-state index contributed by atoms with van der Waals surface area (Å²) in [6, 6.07) is 5.57. The van der Waals surface area contributed by atoms with Gasteiger partial charge in [0.1, 0.15) is 5.82 Å². The van der Waals surface area contributed by atoms with E-state index in [4.69, 9.17) is 10.6 Å². The van der Waals surface area contributed by atoms with E-state index in [0.717, 1.165) is 6.61 Å². The predicted octanol–water partition coefficient (Wildman–Crippen LogP) is 2.33. The van der Waals surface area contributed by atoms with Gasteiger partial charge in [-0.1, -0.05) is 25.3 Å². The van der Waals surface area contributed by atoms with Gasteiger partial charge in [0, 0.05) is 6.07 Å². The lowest BCUT2D eigenvalue weighted by atomic mass is 9.90. The Balaban J connectivity index is 1.83. The average molecular weight is 221 g/mol. The summed E-state index contributed by atoms with van der Waals surface area (Å²) in [7, 11) is 0. The van der Waals surface area contributed by atoms with Crippen molar-refractivity contribution in [2.24, 2.45) is 11.8 Å². The van der Waals surface area contributed by atoms with Gasteiger partial charge in [0.05, 0.1) is 6.61 Å². The lowest BCUT2D eigenvalue weighted by Gasteiger charge is -2.21. The third-order valence-corrected chi connectivity index (χ3v) is 3.06. The molecule has 0 aromatic carbocycles. The molecule has 4 heteroatoms. The third-order valence-electron chi connectivity index (χ3n) is 3.06. The zero-order valence-corrected chi connectivity index (χ0v) is 9.48. The van der Waals surface area contributed by atoms with Crippen molar-refractivity contribution in [1.29, 1.82) is 0 Å². The van der Waals surface area contributed by atoms with Gasteiger partial charge in [-0.2, -0.15) is 4.98 Å². The van der Waals surface area contributed by atoms with Crippen LogP contribution in [0.2, 0.25) is 0 Å². The molecular weight excluding hydrogens is 202 g/mol. The van der Waals surface area contributed by atoms with E-state index < -0.39 is 0 Å². The highest BCUT2D eigenvalue weighted by Crippen LogP contribution is 2.24.